The minimum atomic E-state index is -0.255. The summed E-state index contributed by atoms with van der Waals surface area (Å²) >= 11 is 6.16. The van der Waals surface area contributed by atoms with E-state index in [0.29, 0.717) is 25.0 Å². The Hall–Kier alpha value is -2.42. The second kappa shape index (κ2) is 9.38. The predicted octanol–water partition coefficient (Wildman–Crippen LogP) is 2.78. The van der Waals surface area contributed by atoms with Crippen molar-refractivity contribution in [2.24, 2.45) is 4.99 Å². The van der Waals surface area contributed by atoms with E-state index in [4.69, 9.17) is 21.3 Å². The number of rotatable bonds is 6. The highest BCUT2D eigenvalue weighted by atomic mass is 35.5. The number of amidine groups is 1. The summed E-state index contributed by atoms with van der Waals surface area (Å²) < 4.78 is 5.71. The average Bonchev–Trinajstić information content (AvgIpc) is 2.74. The Morgan fingerprint density at radius 1 is 1.29 bits per heavy atom. The smallest absolute Gasteiger partial charge is 0.318 e. The molecule has 9 heteroatoms. The number of nitrogens with one attached hydrogen (secondary N) is 2. The quantitative estimate of drug-likeness (QED) is 0.710. The summed E-state index contributed by atoms with van der Waals surface area (Å²) in [5.41, 5.74) is 1.70. The molecule has 8 nitrogen and oxygen atoms in total. The van der Waals surface area contributed by atoms with Gasteiger partial charge in [-0.25, -0.2) is 9.98 Å². The van der Waals surface area contributed by atoms with E-state index < -0.39 is 0 Å². The van der Waals surface area contributed by atoms with Crippen molar-refractivity contribution in [3.63, 3.8) is 0 Å². The fourth-order valence-electron chi connectivity index (χ4n) is 3.85. The Morgan fingerprint density at radius 2 is 2.10 bits per heavy atom. The molecule has 0 aliphatic carbocycles. The largest absolute Gasteiger partial charge is 0.462 e. The molecular weight excluding hydrogens is 414 g/mol. The van der Waals surface area contributed by atoms with Gasteiger partial charge >= 0.3 is 6.01 Å². The Labute approximate surface area is 188 Å². The maximum absolute atomic E-state index is 6.16. The molecule has 2 N–H and O–H groups in total. The van der Waals surface area contributed by atoms with Gasteiger partial charge in [0.15, 0.2) is 5.82 Å². The van der Waals surface area contributed by atoms with Crippen molar-refractivity contribution in [2.45, 2.75) is 24.9 Å². The molecule has 1 saturated heterocycles. The minimum Gasteiger partial charge on any atom is -0.462 e. The van der Waals surface area contributed by atoms with Gasteiger partial charge in [0, 0.05) is 31.2 Å². The first kappa shape index (κ1) is 21.8. The van der Waals surface area contributed by atoms with Gasteiger partial charge < -0.3 is 25.2 Å². The van der Waals surface area contributed by atoms with Crippen molar-refractivity contribution >= 4 is 28.9 Å². The van der Waals surface area contributed by atoms with E-state index in [1.165, 1.54) is 0 Å². The second-order valence-corrected chi connectivity index (χ2v) is 8.93. The van der Waals surface area contributed by atoms with Gasteiger partial charge in [-0.1, -0.05) is 23.7 Å². The van der Waals surface area contributed by atoms with E-state index in [-0.39, 0.29) is 5.54 Å². The number of fused-ring (bicyclic) bond motifs is 1. The molecule has 0 atom stereocenters. The van der Waals surface area contributed by atoms with Crippen LogP contribution in [0.5, 0.6) is 6.01 Å². The van der Waals surface area contributed by atoms with Crippen LogP contribution in [-0.4, -0.2) is 78.5 Å². The van der Waals surface area contributed by atoms with Crippen LogP contribution in [0.2, 0.25) is 5.02 Å². The Morgan fingerprint density at radius 3 is 2.84 bits per heavy atom. The lowest BCUT2D eigenvalue weighted by molar-refractivity contribution is 0.237. The first-order valence-corrected chi connectivity index (χ1v) is 11.0. The fourth-order valence-corrected chi connectivity index (χ4v) is 4.07. The number of aromatic nitrogens is 2. The molecule has 0 amide bonds. The summed E-state index contributed by atoms with van der Waals surface area (Å²) in [6.07, 6.45) is 3.68. The summed E-state index contributed by atoms with van der Waals surface area (Å²) in [4.78, 5) is 18.3. The van der Waals surface area contributed by atoms with E-state index in [2.05, 4.69) is 43.5 Å². The number of piperidine rings is 1. The van der Waals surface area contributed by atoms with E-state index in [1.807, 2.05) is 32.3 Å². The number of aliphatic imine (C=N–C) groups is 1. The molecular formula is C22H30ClN7O. The third-order valence-corrected chi connectivity index (χ3v) is 5.99. The van der Waals surface area contributed by atoms with Gasteiger partial charge in [0.25, 0.3) is 0 Å². The Balaban J connectivity index is 1.57. The van der Waals surface area contributed by atoms with Crippen LogP contribution in [0, 0.1) is 0 Å². The van der Waals surface area contributed by atoms with Gasteiger partial charge in [0.1, 0.15) is 12.4 Å². The lowest BCUT2D eigenvalue weighted by atomic mass is 9.84. The van der Waals surface area contributed by atoms with Crippen LogP contribution >= 0.6 is 11.6 Å². The number of likely N-dealkylation sites (tertiary alicyclic amines) is 1. The molecule has 4 rings (SSSR count). The van der Waals surface area contributed by atoms with E-state index >= 15 is 0 Å². The van der Waals surface area contributed by atoms with Crippen molar-refractivity contribution < 1.29 is 4.74 Å². The number of nitrogens with zero attached hydrogens (tertiary/aromatic N) is 5. The van der Waals surface area contributed by atoms with Crippen LogP contribution in [0.15, 0.2) is 35.5 Å². The highest BCUT2D eigenvalue weighted by Gasteiger charge is 2.42. The summed E-state index contributed by atoms with van der Waals surface area (Å²) in [7, 11) is 6.16. The van der Waals surface area contributed by atoms with Crippen molar-refractivity contribution in [1.82, 2.24) is 25.1 Å². The molecule has 3 heterocycles. The van der Waals surface area contributed by atoms with Crippen molar-refractivity contribution in [1.29, 1.82) is 0 Å². The fraction of sp³-hybridized carbons (Fsp3) is 0.500. The normalized spacial score (nSPS) is 17.8. The first-order valence-electron chi connectivity index (χ1n) is 10.6. The number of hydrogen-bond acceptors (Lipinski definition) is 8. The van der Waals surface area contributed by atoms with Crippen molar-refractivity contribution in [3.8, 4) is 6.01 Å². The van der Waals surface area contributed by atoms with Crippen molar-refractivity contribution in [2.75, 3.05) is 52.7 Å². The molecule has 2 aliphatic rings. The number of hydrogen-bond donors (Lipinski definition) is 2. The standard InChI is InChI=1S/C22H30ClN7O/c1-29(2)11-12-31-21-25-15-18-19(27-21)26-20(22(28-18)7-9-30(3)10-8-22)24-14-16-5-4-6-17(23)13-16/h4-6,13,15,28H,7-12,14H2,1-3H3,(H,24,25,26,27). The number of ether oxygens (including phenoxy) is 1. The zero-order chi connectivity index (χ0) is 21.8. The van der Waals surface area contributed by atoms with Crippen LogP contribution in [-0.2, 0) is 6.54 Å². The molecule has 166 valence electrons. The van der Waals surface area contributed by atoms with Crippen molar-refractivity contribution in [3.05, 3.63) is 41.0 Å². The number of benzene rings is 1. The molecule has 0 bridgehead atoms. The molecule has 0 saturated carbocycles. The predicted molar refractivity (Wildman–Crippen MR) is 125 cm³/mol. The highest BCUT2D eigenvalue weighted by Crippen LogP contribution is 2.37. The lowest BCUT2D eigenvalue weighted by Gasteiger charge is -2.44. The summed E-state index contributed by atoms with van der Waals surface area (Å²) in [6, 6.07) is 8.22. The summed E-state index contributed by atoms with van der Waals surface area (Å²) in [5.74, 6) is 1.51. The molecule has 2 aliphatic heterocycles. The van der Waals surface area contributed by atoms with Crippen LogP contribution < -0.4 is 15.4 Å². The van der Waals surface area contributed by atoms with E-state index in [1.54, 1.807) is 6.20 Å². The number of likely N-dealkylation sites (N-methyl/N-ethyl adjacent to an activating group) is 1. The summed E-state index contributed by atoms with van der Waals surface area (Å²) in [5, 5.41) is 7.99. The van der Waals surface area contributed by atoms with Gasteiger partial charge in [0.05, 0.1) is 17.4 Å². The lowest BCUT2D eigenvalue weighted by Crippen LogP contribution is -2.58. The van der Waals surface area contributed by atoms with Gasteiger partial charge in [-0.15, -0.1) is 0 Å². The monoisotopic (exact) mass is 443 g/mol. The molecule has 1 aromatic carbocycles. The zero-order valence-corrected chi connectivity index (χ0v) is 19.1. The second-order valence-electron chi connectivity index (χ2n) is 8.50. The van der Waals surface area contributed by atoms with Gasteiger partial charge in [0.2, 0.25) is 0 Å². The highest BCUT2D eigenvalue weighted by molar-refractivity contribution is 6.30. The topological polar surface area (TPSA) is 77.9 Å². The minimum absolute atomic E-state index is 0.255. The van der Waals surface area contributed by atoms with Gasteiger partial charge in [-0.2, -0.15) is 4.98 Å². The third kappa shape index (κ3) is 5.26. The van der Waals surface area contributed by atoms with E-state index in [0.717, 1.165) is 54.6 Å². The van der Waals surface area contributed by atoms with Gasteiger partial charge in [-0.05, 0) is 51.7 Å². The molecule has 1 fully saturated rings. The first-order chi connectivity index (χ1) is 14.9. The molecule has 0 unspecified atom stereocenters. The van der Waals surface area contributed by atoms with Crippen LogP contribution in [0.4, 0.5) is 11.5 Å². The molecule has 1 aromatic heterocycles. The van der Waals surface area contributed by atoms with Crippen LogP contribution in [0.1, 0.15) is 18.4 Å². The zero-order valence-electron chi connectivity index (χ0n) is 18.4. The number of halogens is 1. The SMILES string of the molecule is CN(C)CCOc1ncc2c(n1)N=C(NCc1cccc(Cl)c1)C1(CCN(C)CC1)N2. The Bertz CT molecular complexity index is 941. The average molecular weight is 444 g/mol. The maximum Gasteiger partial charge on any atom is 0.318 e. The van der Waals surface area contributed by atoms with Crippen LogP contribution in [0.3, 0.4) is 0 Å². The summed E-state index contributed by atoms with van der Waals surface area (Å²) in [6.45, 7) is 3.95. The van der Waals surface area contributed by atoms with Crippen LogP contribution in [0.25, 0.3) is 0 Å². The molecule has 31 heavy (non-hydrogen) atoms. The van der Waals surface area contributed by atoms with Gasteiger partial charge in [-0.3, -0.25) is 0 Å². The Kier molecular flexibility index (Phi) is 6.60. The molecule has 0 radical (unpaired) electrons. The molecule has 1 spiro atoms. The maximum atomic E-state index is 6.16. The number of anilines is 1. The third-order valence-electron chi connectivity index (χ3n) is 5.75. The van der Waals surface area contributed by atoms with E-state index in [9.17, 15) is 0 Å². The molecule has 2 aromatic rings.